The zero-order valence-electron chi connectivity index (χ0n) is 13.3. The van der Waals surface area contributed by atoms with E-state index >= 15 is 0 Å². The lowest BCUT2D eigenvalue weighted by Gasteiger charge is -2.45. The molecule has 4 N–H and O–H groups in total. The number of hydrogen-bond acceptors (Lipinski definition) is 4. The fourth-order valence-electron chi connectivity index (χ4n) is 3.08. The van der Waals surface area contributed by atoms with E-state index in [1.54, 1.807) is 0 Å². The highest BCUT2D eigenvalue weighted by Crippen LogP contribution is 2.30. The van der Waals surface area contributed by atoms with Crippen LogP contribution in [0.4, 0.5) is 4.79 Å². The van der Waals surface area contributed by atoms with E-state index < -0.39 is 0 Å². The average molecular weight is 296 g/mol. The van der Waals surface area contributed by atoms with Crippen LogP contribution in [0.2, 0.25) is 0 Å². The fourth-order valence-corrected chi connectivity index (χ4v) is 3.08. The predicted octanol–water partition coefficient (Wildman–Crippen LogP) is 1.69. The minimum atomic E-state index is -0.326. The molecule has 1 amide bonds. The van der Waals surface area contributed by atoms with Gasteiger partial charge in [-0.05, 0) is 46.5 Å². The van der Waals surface area contributed by atoms with Crippen molar-refractivity contribution >= 4 is 11.9 Å². The van der Waals surface area contributed by atoms with Crippen LogP contribution in [0.1, 0.15) is 46.5 Å². The molecule has 0 aromatic heterocycles. The van der Waals surface area contributed by atoms with Gasteiger partial charge in [0.25, 0.3) is 0 Å². The Bertz CT molecular complexity index is 391. The lowest BCUT2D eigenvalue weighted by Crippen LogP contribution is -2.58. The second-order valence-electron chi connectivity index (χ2n) is 7.32. The molecule has 1 saturated carbocycles. The second-order valence-corrected chi connectivity index (χ2v) is 7.32. The smallest absolute Gasteiger partial charge is 0.407 e. The lowest BCUT2D eigenvalue weighted by atomic mass is 9.83. The van der Waals surface area contributed by atoms with E-state index in [4.69, 9.17) is 15.9 Å². The van der Waals surface area contributed by atoms with Crippen LogP contribution in [-0.4, -0.2) is 47.6 Å². The molecule has 6 heteroatoms. The molecule has 0 aromatic carbocycles. The van der Waals surface area contributed by atoms with Gasteiger partial charge in [0.2, 0.25) is 0 Å². The van der Waals surface area contributed by atoms with Gasteiger partial charge in [0.05, 0.1) is 5.84 Å². The Labute approximate surface area is 126 Å². The Morgan fingerprint density at radius 1 is 1.24 bits per heavy atom. The first-order valence-electron chi connectivity index (χ1n) is 7.81. The molecule has 1 aliphatic carbocycles. The molecule has 120 valence electrons. The van der Waals surface area contributed by atoms with Crippen molar-refractivity contribution < 1.29 is 9.53 Å². The first-order chi connectivity index (χ1) is 9.74. The molecule has 0 atom stereocenters. The summed E-state index contributed by atoms with van der Waals surface area (Å²) in [5.74, 6) is 0.601. The molecular formula is C15H28N4O2. The van der Waals surface area contributed by atoms with Crippen LogP contribution in [-0.2, 0) is 4.74 Å². The maximum atomic E-state index is 11.7. The van der Waals surface area contributed by atoms with Crippen molar-refractivity contribution in [2.45, 2.75) is 64.1 Å². The first kappa shape index (κ1) is 16.1. The summed E-state index contributed by atoms with van der Waals surface area (Å²) in [7, 11) is 0. The number of amidine groups is 1. The molecule has 2 fully saturated rings. The number of carbonyl (C=O) groups excluding carboxylic acids is 1. The molecule has 1 aliphatic heterocycles. The van der Waals surface area contributed by atoms with Crippen LogP contribution in [0, 0.1) is 11.3 Å². The molecule has 21 heavy (non-hydrogen) atoms. The van der Waals surface area contributed by atoms with Gasteiger partial charge >= 0.3 is 6.09 Å². The van der Waals surface area contributed by atoms with E-state index in [9.17, 15) is 4.79 Å². The molecule has 0 bridgehead atoms. The molecule has 1 saturated heterocycles. The Balaban J connectivity index is 1.66. The van der Waals surface area contributed by atoms with Crippen molar-refractivity contribution in [3.8, 4) is 0 Å². The number of hydrogen-bond donors (Lipinski definition) is 3. The molecule has 2 aliphatic rings. The third-order valence-corrected chi connectivity index (χ3v) is 4.28. The highest BCUT2D eigenvalue weighted by molar-refractivity contribution is 5.79. The van der Waals surface area contributed by atoms with Crippen molar-refractivity contribution in [2.75, 3.05) is 13.1 Å². The number of alkyl carbamates (subject to hydrolysis) is 1. The minimum absolute atomic E-state index is 0.0119. The number of carbonyl (C=O) groups is 1. The number of amides is 1. The summed E-state index contributed by atoms with van der Waals surface area (Å²) in [4.78, 5) is 14.1. The molecule has 2 rings (SSSR count). The summed E-state index contributed by atoms with van der Waals surface area (Å²) in [5, 5.41) is 10.3. The van der Waals surface area contributed by atoms with E-state index in [1.165, 1.54) is 0 Å². The largest absolute Gasteiger partial charge is 0.444 e. The fraction of sp³-hybridized carbons (Fsp3) is 0.867. The van der Waals surface area contributed by atoms with Gasteiger partial charge in [0.1, 0.15) is 6.10 Å². The van der Waals surface area contributed by atoms with Gasteiger partial charge in [0.15, 0.2) is 0 Å². The Hall–Kier alpha value is -1.30. The van der Waals surface area contributed by atoms with Gasteiger partial charge < -0.3 is 15.8 Å². The minimum Gasteiger partial charge on any atom is -0.444 e. The zero-order valence-corrected chi connectivity index (χ0v) is 13.3. The topological polar surface area (TPSA) is 91.4 Å². The molecule has 0 spiro atoms. The average Bonchev–Trinajstić information content (AvgIpc) is 2.31. The number of nitrogens with zero attached hydrogens (tertiary/aromatic N) is 1. The van der Waals surface area contributed by atoms with Crippen molar-refractivity contribution in [3.63, 3.8) is 0 Å². The van der Waals surface area contributed by atoms with Gasteiger partial charge in [0, 0.05) is 30.6 Å². The third kappa shape index (κ3) is 4.59. The van der Waals surface area contributed by atoms with Gasteiger partial charge in [-0.3, -0.25) is 10.3 Å². The molecule has 1 heterocycles. The van der Waals surface area contributed by atoms with Crippen LogP contribution in [0.15, 0.2) is 0 Å². The highest BCUT2D eigenvalue weighted by atomic mass is 16.6. The van der Waals surface area contributed by atoms with Crippen LogP contribution < -0.4 is 11.1 Å². The maximum absolute atomic E-state index is 11.7. The number of nitrogens with one attached hydrogen (secondary N) is 2. The molecular weight excluding hydrogens is 268 g/mol. The van der Waals surface area contributed by atoms with Crippen LogP contribution in [0.3, 0.4) is 0 Å². The summed E-state index contributed by atoms with van der Waals surface area (Å²) >= 11 is 0. The normalized spacial score (nSPS) is 27.8. The number of rotatable bonds is 3. The van der Waals surface area contributed by atoms with Crippen LogP contribution in [0.5, 0.6) is 0 Å². The van der Waals surface area contributed by atoms with E-state index in [2.05, 4.69) is 10.2 Å². The maximum Gasteiger partial charge on any atom is 0.407 e. The van der Waals surface area contributed by atoms with Gasteiger partial charge in [-0.2, -0.15) is 0 Å². The summed E-state index contributed by atoms with van der Waals surface area (Å²) in [5.41, 5.74) is 5.31. The quantitative estimate of drug-likeness (QED) is 0.546. The number of nitrogens with two attached hydrogens (primary N) is 1. The van der Waals surface area contributed by atoms with Crippen molar-refractivity contribution in [1.82, 2.24) is 10.2 Å². The summed E-state index contributed by atoms with van der Waals surface area (Å²) in [6.45, 7) is 7.47. The van der Waals surface area contributed by atoms with E-state index in [0.717, 1.165) is 38.8 Å². The summed E-state index contributed by atoms with van der Waals surface area (Å²) < 4.78 is 5.40. The van der Waals surface area contributed by atoms with Gasteiger partial charge in [-0.1, -0.05) is 0 Å². The predicted molar refractivity (Wildman–Crippen MR) is 82.4 cm³/mol. The summed E-state index contributed by atoms with van der Waals surface area (Å²) in [6, 6.07) is 0.561. The zero-order chi connectivity index (χ0) is 15.6. The van der Waals surface area contributed by atoms with Crippen molar-refractivity contribution in [3.05, 3.63) is 0 Å². The Morgan fingerprint density at radius 3 is 2.29 bits per heavy atom. The van der Waals surface area contributed by atoms with Crippen molar-refractivity contribution in [2.24, 2.45) is 11.7 Å². The van der Waals surface area contributed by atoms with Crippen molar-refractivity contribution in [1.29, 1.82) is 5.41 Å². The molecule has 6 nitrogen and oxygen atoms in total. The molecule has 0 unspecified atom stereocenters. The SMILES string of the molecule is CC(C)(C)NC(=O)OC1CN(C2CCC(C(=N)N)CC2)C1. The highest BCUT2D eigenvalue weighted by Gasteiger charge is 2.37. The van der Waals surface area contributed by atoms with E-state index in [1.807, 2.05) is 20.8 Å². The monoisotopic (exact) mass is 296 g/mol. The third-order valence-electron chi connectivity index (χ3n) is 4.28. The Kier molecular flexibility index (Phi) is 4.76. The van der Waals surface area contributed by atoms with E-state index in [0.29, 0.717) is 11.9 Å². The van der Waals surface area contributed by atoms with E-state index in [-0.39, 0.29) is 23.7 Å². The van der Waals surface area contributed by atoms with Crippen LogP contribution >= 0.6 is 0 Å². The first-order valence-corrected chi connectivity index (χ1v) is 7.81. The van der Waals surface area contributed by atoms with Gasteiger partial charge in [-0.25, -0.2) is 4.79 Å². The number of ether oxygens (including phenoxy) is 1. The molecule has 0 radical (unpaired) electrons. The lowest BCUT2D eigenvalue weighted by molar-refractivity contribution is -0.0448. The standard InChI is InChI=1S/C15H28N4O2/c1-15(2,3)18-14(20)21-12-8-19(9-12)11-6-4-10(5-7-11)13(16)17/h10-12H,4-9H2,1-3H3,(H3,16,17)(H,18,20). The Morgan fingerprint density at radius 2 is 1.81 bits per heavy atom. The summed E-state index contributed by atoms with van der Waals surface area (Å²) in [6.07, 6.45) is 3.88. The van der Waals surface area contributed by atoms with Gasteiger partial charge in [-0.15, -0.1) is 0 Å². The van der Waals surface area contributed by atoms with Crippen LogP contribution in [0.25, 0.3) is 0 Å². The number of likely N-dealkylation sites (tertiary alicyclic amines) is 1. The molecule has 0 aromatic rings. The second kappa shape index (κ2) is 6.22.